The summed E-state index contributed by atoms with van der Waals surface area (Å²) >= 11 is 0. The Kier molecular flexibility index (Phi) is 4.98. The number of halogens is 2. The highest BCUT2D eigenvalue weighted by atomic mass is 19.1. The molecule has 134 valence electrons. The molecule has 0 radical (unpaired) electrons. The molecule has 0 spiro atoms. The maximum Gasteiger partial charge on any atom is 0.257 e. The van der Waals surface area contributed by atoms with Gasteiger partial charge >= 0.3 is 0 Å². The van der Waals surface area contributed by atoms with Crippen molar-refractivity contribution in [2.45, 2.75) is 19.4 Å². The Balaban J connectivity index is 1.74. The number of aromatic nitrogens is 1. The maximum atomic E-state index is 14.2. The molecule has 1 amide bonds. The number of nitrogens with zero attached hydrogens (tertiary/aromatic N) is 1. The molecule has 0 bridgehead atoms. The molecule has 1 aliphatic rings. The maximum absolute atomic E-state index is 14.2. The van der Waals surface area contributed by atoms with Gasteiger partial charge in [0.05, 0.1) is 32.1 Å². The number of methoxy groups -OCH3 is 1. The summed E-state index contributed by atoms with van der Waals surface area (Å²) in [6, 6.07) is 3.55. The summed E-state index contributed by atoms with van der Waals surface area (Å²) in [5.41, 5.74) is 0.0931. The lowest BCUT2D eigenvalue weighted by Gasteiger charge is -2.18. The van der Waals surface area contributed by atoms with E-state index in [1.807, 2.05) is 6.92 Å². The molecule has 0 unspecified atom stereocenters. The predicted octanol–water partition coefficient (Wildman–Crippen LogP) is 2.26. The summed E-state index contributed by atoms with van der Waals surface area (Å²) in [6.45, 7) is 2.48. The number of carbonyl (C=O) groups is 1. The Morgan fingerprint density at radius 1 is 1.40 bits per heavy atom. The number of hydrogen-bond donors (Lipinski definition) is 1. The molecule has 1 N–H and O–H groups in total. The molecule has 0 aliphatic carbocycles. The second kappa shape index (κ2) is 7.18. The molecule has 8 heteroatoms. The quantitative estimate of drug-likeness (QED) is 0.894. The van der Waals surface area contributed by atoms with Crippen LogP contribution in [-0.4, -0.2) is 37.4 Å². The van der Waals surface area contributed by atoms with Crippen LogP contribution in [0.2, 0.25) is 0 Å². The van der Waals surface area contributed by atoms with Crippen LogP contribution >= 0.6 is 0 Å². The molecular weight excluding hydrogens is 334 g/mol. The summed E-state index contributed by atoms with van der Waals surface area (Å²) in [7, 11) is 1.25. The average Bonchev–Trinajstić information content (AvgIpc) is 3.17. The van der Waals surface area contributed by atoms with E-state index < -0.39 is 23.1 Å². The van der Waals surface area contributed by atoms with Crippen LogP contribution in [0.25, 0.3) is 0 Å². The van der Waals surface area contributed by atoms with E-state index in [-0.39, 0.29) is 24.3 Å². The van der Waals surface area contributed by atoms with Crippen molar-refractivity contribution >= 4 is 5.91 Å². The van der Waals surface area contributed by atoms with Gasteiger partial charge < -0.3 is 19.3 Å². The third kappa shape index (κ3) is 3.63. The Morgan fingerprint density at radius 3 is 2.88 bits per heavy atom. The minimum Gasteiger partial charge on any atom is -0.494 e. The minimum absolute atomic E-state index is 0.0759. The largest absolute Gasteiger partial charge is 0.494 e. The number of rotatable bonds is 5. The second-order valence-electron chi connectivity index (χ2n) is 5.95. The number of aryl methyl sites for hydroxylation is 1. The van der Waals surface area contributed by atoms with Gasteiger partial charge in [0.15, 0.2) is 11.6 Å². The summed E-state index contributed by atoms with van der Waals surface area (Å²) < 4.78 is 43.5. The van der Waals surface area contributed by atoms with Crippen LogP contribution in [0.5, 0.6) is 5.75 Å². The Bertz CT molecular complexity index is 778. The molecule has 6 nitrogen and oxygen atoms in total. The number of hydrogen-bond acceptors (Lipinski definition) is 5. The van der Waals surface area contributed by atoms with Gasteiger partial charge in [-0.25, -0.2) is 8.78 Å². The van der Waals surface area contributed by atoms with Crippen molar-refractivity contribution in [2.75, 3.05) is 20.3 Å². The lowest BCUT2D eigenvalue weighted by Crippen LogP contribution is -2.41. The standard InChI is InChI=1S/C17H18F2N2O4/c1-9-5-11(25-21-9)6-10-7-24-8-13(10)20-17(22)15-12(18)3-4-14(23-2)16(15)19/h3-5,10,13H,6-8H2,1-2H3,(H,20,22)/t10-,13+/m1/s1. The highest BCUT2D eigenvalue weighted by molar-refractivity contribution is 5.95. The van der Waals surface area contributed by atoms with E-state index in [9.17, 15) is 13.6 Å². The van der Waals surface area contributed by atoms with Gasteiger partial charge in [0, 0.05) is 18.4 Å². The number of ether oxygens (including phenoxy) is 2. The van der Waals surface area contributed by atoms with Crippen molar-refractivity contribution in [3.63, 3.8) is 0 Å². The molecule has 1 fully saturated rings. The number of carbonyl (C=O) groups excluding carboxylic acids is 1. The molecule has 2 heterocycles. The van der Waals surface area contributed by atoms with Crippen LogP contribution in [0.1, 0.15) is 21.8 Å². The van der Waals surface area contributed by atoms with Gasteiger partial charge in [0.1, 0.15) is 17.1 Å². The average molecular weight is 352 g/mol. The Hall–Kier alpha value is -2.48. The van der Waals surface area contributed by atoms with Gasteiger partial charge in [-0.2, -0.15) is 0 Å². The summed E-state index contributed by atoms with van der Waals surface area (Å²) in [5, 5.41) is 6.46. The van der Waals surface area contributed by atoms with Crippen LogP contribution in [0, 0.1) is 24.5 Å². The summed E-state index contributed by atoms with van der Waals surface area (Å²) in [6.07, 6.45) is 0.509. The first-order valence-electron chi connectivity index (χ1n) is 7.82. The molecule has 0 saturated carbocycles. The normalized spacial score (nSPS) is 19.8. The van der Waals surface area contributed by atoms with Crippen molar-refractivity contribution in [3.05, 3.63) is 46.9 Å². The van der Waals surface area contributed by atoms with E-state index in [1.165, 1.54) is 7.11 Å². The van der Waals surface area contributed by atoms with Crippen molar-refractivity contribution in [1.29, 1.82) is 0 Å². The van der Waals surface area contributed by atoms with E-state index in [2.05, 4.69) is 10.5 Å². The zero-order chi connectivity index (χ0) is 18.0. The van der Waals surface area contributed by atoms with E-state index in [4.69, 9.17) is 14.0 Å². The Labute approximate surface area is 143 Å². The van der Waals surface area contributed by atoms with Crippen LogP contribution in [-0.2, 0) is 11.2 Å². The van der Waals surface area contributed by atoms with Crippen molar-refractivity contribution in [2.24, 2.45) is 5.92 Å². The van der Waals surface area contributed by atoms with E-state index >= 15 is 0 Å². The lowest BCUT2D eigenvalue weighted by atomic mass is 9.97. The van der Waals surface area contributed by atoms with Crippen LogP contribution in [0.15, 0.2) is 22.7 Å². The molecule has 1 aromatic carbocycles. The van der Waals surface area contributed by atoms with E-state index in [0.29, 0.717) is 18.8 Å². The zero-order valence-corrected chi connectivity index (χ0v) is 13.8. The SMILES string of the molecule is COc1ccc(F)c(C(=O)N[C@H]2COC[C@H]2Cc2cc(C)no2)c1F. The highest BCUT2D eigenvalue weighted by Gasteiger charge is 2.32. The van der Waals surface area contributed by atoms with Gasteiger partial charge in [-0.05, 0) is 19.1 Å². The third-order valence-corrected chi connectivity index (χ3v) is 4.16. The van der Waals surface area contributed by atoms with Crippen molar-refractivity contribution in [3.8, 4) is 5.75 Å². The van der Waals surface area contributed by atoms with Crippen molar-refractivity contribution < 1.29 is 27.6 Å². The van der Waals surface area contributed by atoms with Crippen LogP contribution in [0.4, 0.5) is 8.78 Å². The van der Waals surface area contributed by atoms with E-state index in [1.54, 1.807) is 6.07 Å². The first-order valence-corrected chi connectivity index (χ1v) is 7.82. The fourth-order valence-corrected chi connectivity index (χ4v) is 2.87. The van der Waals surface area contributed by atoms with Gasteiger partial charge in [0.2, 0.25) is 0 Å². The molecule has 1 saturated heterocycles. The second-order valence-corrected chi connectivity index (χ2v) is 5.95. The monoisotopic (exact) mass is 352 g/mol. The first kappa shape index (κ1) is 17.3. The molecule has 2 atom stereocenters. The number of nitrogens with one attached hydrogen (secondary N) is 1. The third-order valence-electron chi connectivity index (χ3n) is 4.16. The summed E-state index contributed by atoms with van der Waals surface area (Å²) in [4.78, 5) is 12.4. The number of benzene rings is 1. The first-order chi connectivity index (χ1) is 12.0. The molecular formula is C17H18F2N2O4. The fourth-order valence-electron chi connectivity index (χ4n) is 2.87. The van der Waals surface area contributed by atoms with Gasteiger partial charge in [-0.1, -0.05) is 5.16 Å². The lowest BCUT2D eigenvalue weighted by molar-refractivity contribution is 0.0915. The number of amides is 1. The van der Waals surface area contributed by atoms with Crippen LogP contribution < -0.4 is 10.1 Å². The van der Waals surface area contributed by atoms with Gasteiger partial charge in [-0.3, -0.25) is 4.79 Å². The molecule has 3 rings (SSSR count). The highest BCUT2D eigenvalue weighted by Crippen LogP contribution is 2.24. The fraction of sp³-hybridized carbons (Fsp3) is 0.412. The Morgan fingerprint density at radius 2 is 2.20 bits per heavy atom. The molecule has 25 heavy (non-hydrogen) atoms. The smallest absolute Gasteiger partial charge is 0.257 e. The van der Waals surface area contributed by atoms with E-state index in [0.717, 1.165) is 17.8 Å². The van der Waals surface area contributed by atoms with Crippen LogP contribution in [0.3, 0.4) is 0 Å². The molecule has 2 aromatic rings. The molecule has 1 aliphatic heterocycles. The zero-order valence-electron chi connectivity index (χ0n) is 13.8. The summed E-state index contributed by atoms with van der Waals surface area (Å²) in [5.74, 6) is -2.41. The minimum atomic E-state index is -1.03. The predicted molar refractivity (Wildman–Crippen MR) is 83.4 cm³/mol. The van der Waals surface area contributed by atoms with Crippen molar-refractivity contribution in [1.82, 2.24) is 10.5 Å². The topological polar surface area (TPSA) is 73.6 Å². The van der Waals surface area contributed by atoms with Gasteiger partial charge in [0.25, 0.3) is 5.91 Å². The van der Waals surface area contributed by atoms with Gasteiger partial charge in [-0.15, -0.1) is 0 Å². The molecule has 1 aromatic heterocycles.